The molecular weight excluding hydrogens is 295 g/mol. The van der Waals surface area contributed by atoms with E-state index in [0.29, 0.717) is 5.75 Å². The van der Waals surface area contributed by atoms with Gasteiger partial charge in [-0.05, 0) is 30.3 Å². The number of amides is 1. The van der Waals surface area contributed by atoms with Crippen LogP contribution in [0.5, 0.6) is 5.75 Å². The molecule has 0 aliphatic carbocycles. The SMILES string of the molecule is COc1ccc(N2C(=O)C(F)(F)[C@H]2c2ccccc2F)cc1. The maximum absolute atomic E-state index is 14.0. The van der Waals surface area contributed by atoms with Crippen molar-refractivity contribution in [2.75, 3.05) is 12.0 Å². The highest BCUT2D eigenvalue weighted by atomic mass is 19.3. The monoisotopic (exact) mass is 307 g/mol. The molecule has 1 fully saturated rings. The number of alkyl halides is 2. The van der Waals surface area contributed by atoms with Crippen molar-refractivity contribution >= 4 is 11.6 Å². The molecule has 1 aliphatic rings. The van der Waals surface area contributed by atoms with Crippen LogP contribution >= 0.6 is 0 Å². The summed E-state index contributed by atoms with van der Waals surface area (Å²) in [6.07, 6.45) is 0. The zero-order chi connectivity index (χ0) is 15.9. The largest absolute Gasteiger partial charge is 0.497 e. The van der Waals surface area contributed by atoms with Crippen LogP contribution in [0.15, 0.2) is 48.5 Å². The summed E-state index contributed by atoms with van der Waals surface area (Å²) in [5, 5.41) is 0. The van der Waals surface area contributed by atoms with Crippen LogP contribution in [0.4, 0.5) is 18.9 Å². The first-order valence-electron chi connectivity index (χ1n) is 6.56. The molecule has 2 aromatic rings. The summed E-state index contributed by atoms with van der Waals surface area (Å²) in [7, 11) is 1.47. The Morgan fingerprint density at radius 3 is 2.32 bits per heavy atom. The molecule has 0 unspecified atom stereocenters. The van der Waals surface area contributed by atoms with E-state index in [1.807, 2.05) is 0 Å². The van der Waals surface area contributed by atoms with Crippen molar-refractivity contribution in [1.82, 2.24) is 0 Å². The molecule has 0 bridgehead atoms. The predicted molar refractivity (Wildman–Crippen MR) is 74.6 cm³/mol. The zero-order valence-corrected chi connectivity index (χ0v) is 11.6. The van der Waals surface area contributed by atoms with Gasteiger partial charge in [-0.3, -0.25) is 9.69 Å². The maximum Gasteiger partial charge on any atom is 0.349 e. The molecule has 22 heavy (non-hydrogen) atoms. The van der Waals surface area contributed by atoms with Crippen LogP contribution in [0, 0.1) is 5.82 Å². The highest BCUT2D eigenvalue weighted by Crippen LogP contribution is 2.50. The van der Waals surface area contributed by atoms with E-state index in [1.165, 1.54) is 37.4 Å². The van der Waals surface area contributed by atoms with Crippen molar-refractivity contribution < 1.29 is 22.7 Å². The highest BCUT2D eigenvalue weighted by molar-refractivity contribution is 6.07. The van der Waals surface area contributed by atoms with Crippen molar-refractivity contribution in [3.05, 3.63) is 59.9 Å². The quantitative estimate of drug-likeness (QED) is 0.812. The molecule has 0 radical (unpaired) electrons. The van der Waals surface area contributed by atoms with Crippen LogP contribution in [0.1, 0.15) is 11.6 Å². The minimum absolute atomic E-state index is 0.206. The maximum atomic E-state index is 14.0. The number of hydrogen-bond acceptors (Lipinski definition) is 2. The lowest BCUT2D eigenvalue weighted by atomic mass is 9.88. The fourth-order valence-electron chi connectivity index (χ4n) is 2.53. The normalized spacial score (nSPS) is 19.7. The summed E-state index contributed by atoms with van der Waals surface area (Å²) >= 11 is 0. The van der Waals surface area contributed by atoms with Gasteiger partial charge < -0.3 is 4.74 Å². The van der Waals surface area contributed by atoms with Crippen LogP contribution < -0.4 is 9.64 Å². The van der Waals surface area contributed by atoms with Crippen molar-refractivity contribution in [2.24, 2.45) is 0 Å². The average molecular weight is 307 g/mol. The molecule has 0 aromatic heterocycles. The first-order chi connectivity index (χ1) is 10.5. The second kappa shape index (κ2) is 5.05. The van der Waals surface area contributed by atoms with E-state index in [1.54, 1.807) is 12.1 Å². The second-order valence-corrected chi connectivity index (χ2v) is 4.92. The van der Waals surface area contributed by atoms with Gasteiger partial charge in [0, 0.05) is 11.3 Å². The number of ether oxygens (including phenoxy) is 1. The second-order valence-electron chi connectivity index (χ2n) is 4.92. The number of β-lactam (4-membered cyclic amide) rings is 1. The zero-order valence-electron chi connectivity index (χ0n) is 11.6. The standard InChI is InChI=1S/C16H12F3NO2/c1-22-11-8-6-10(7-9-11)20-14(16(18,19)15(20)21)12-4-2-3-5-13(12)17/h2-9,14H,1H3/t14-/m1/s1. The first-order valence-corrected chi connectivity index (χ1v) is 6.56. The highest BCUT2D eigenvalue weighted by Gasteiger charge is 2.65. The minimum Gasteiger partial charge on any atom is -0.497 e. The van der Waals surface area contributed by atoms with Crippen molar-refractivity contribution in [3.63, 3.8) is 0 Å². The Kier molecular flexibility index (Phi) is 3.31. The molecule has 0 spiro atoms. The molecule has 1 atom stereocenters. The van der Waals surface area contributed by atoms with Gasteiger partial charge in [0.1, 0.15) is 17.6 Å². The van der Waals surface area contributed by atoms with Gasteiger partial charge in [0.15, 0.2) is 0 Å². The van der Waals surface area contributed by atoms with Gasteiger partial charge in [-0.15, -0.1) is 0 Å². The molecule has 1 saturated heterocycles. The number of nitrogens with zero attached hydrogens (tertiary/aromatic N) is 1. The number of carbonyl (C=O) groups excluding carboxylic acids is 1. The third-order valence-corrected chi connectivity index (χ3v) is 3.66. The molecule has 0 N–H and O–H groups in total. The van der Waals surface area contributed by atoms with E-state index in [0.717, 1.165) is 11.0 Å². The molecule has 1 aliphatic heterocycles. The smallest absolute Gasteiger partial charge is 0.349 e. The molecule has 0 saturated carbocycles. The molecular formula is C16H12F3NO2. The molecule has 6 heteroatoms. The topological polar surface area (TPSA) is 29.5 Å². The van der Waals surface area contributed by atoms with Crippen LogP contribution in [0.3, 0.4) is 0 Å². The van der Waals surface area contributed by atoms with Gasteiger partial charge in [-0.1, -0.05) is 18.2 Å². The lowest BCUT2D eigenvalue weighted by molar-refractivity contribution is -0.162. The average Bonchev–Trinajstić information content (AvgIpc) is 2.53. The molecule has 1 heterocycles. The third kappa shape index (κ3) is 2.03. The lowest BCUT2D eigenvalue weighted by Gasteiger charge is -2.46. The number of benzene rings is 2. The summed E-state index contributed by atoms with van der Waals surface area (Å²) in [6, 6.07) is 9.67. The number of carbonyl (C=O) groups is 1. The van der Waals surface area contributed by atoms with E-state index in [-0.39, 0.29) is 11.3 Å². The Morgan fingerprint density at radius 2 is 1.73 bits per heavy atom. The van der Waals surface area contributed by atoms with Crippen LogP contribution in [-0.2, 0) is 4.79 Å². The van der Waals surface area contributed by atoms with Gasteiger partial charge in [-0.25, -0.2) is 4.39 Å². The van der Waals surface area contributed by atoms with Crippen molar-refractivity contribution in [1.29, 1.82) is 0 Å². The van der Waals surface area contributed by atoms with Gasteiger partial charge >= 0.3 is 11.8 Å². The minimum atomic E-state index is -3.62. The summed E-state index contributed by atoms with van der Waals surface area (Å²) in [5.41, 5.74) is 0.0629. The first kappa shape index (κ1) is 14.4. The van der Waals surface area contributed by atoms with Gasteiger partial charge in [-0.2, -0.15) is 8.78 Å². The van der Waals surface area contributed by atoms with E-state index >= 15 is 0 Å². The van der Waals surface area contributed by atoms with Gasteiger partial charge in [0.05, 0.1) is 7.11 Å². The fraction of sp³-hybridized carbons (Fsp3) is 0.188. The Labute approximate surface area is 124 Å². The van der Waals surface area contributed by atoms with E-state index in [9.17, 15) is 18.0 Å². The number of anilines is 1. The van der Waals surface area contributed by atoms with E-state index in [4.69, 9.17) is 4.74 Å². The summed E-state index contributed by atoms with van der Waals surface area (Å²) in [6.45, 7) is 0. The third-order valence-electron chi connectivity index (χ3n) is 3.66. The molecule has 3 nitrogen and oxygen atoms in total. The molecule has 3 rings (SSSR count). The van der Waals surface area contributed by atoms with Gasteiger partial charge in [0.2, 0.25) is 0 Å². The Bertz CT molecular complexity index is 716. The van der Waals surface area contributed by atoms with Crippen LogP contribution in [0.2, 0.25) is 0 Å². The Morgan fingerprint density at radius 1 is 1.09 bits per heavy atom. The Balaban J connectivity index is 2.02. The van der Waals surface area contributed by atoms with Gasteiger partial charge in [0.25, 0.3) is 0 Å². The molecule has 1 amide bonds. The van der Waals surface area contributed by atoms with Crippen LogP contribution in [-0.4, -0.2) is 18.9 Å². The molecule has 114 valence electrons. The number of halogens is 3. The lowest BCUT2D eigenvalue weighted by Crippen LogP contribution is -2.64. The summed E-state index contributed by atoms with van der Waals surface area (Å²) in [5.74, 6) is -5.20. The Hall–Kier alpha value is -2.50. The number of methoxy groups -OCH3 is 1. The molecule has 2 aromatic carbocycles. The fourth-order valence-corrected chi connectivity index (χ4v) is 2.53. The summed E-state index contributed by atoms with van der Waals surface area (Å²) < 4.78 is 46.8. The number of rotatable bonds is 3. The van der Waals surface area contributed by atoms with E-state index in [2.05, 4.69) is 0 Å². The van der Waals surface area contributed by atoms with E-state index < -0.39 is 23.7 Å². The van der Waals surface area contributed by atoms with Crippen LogP contribution in [0.25, 0.3) is 0 Å². The summed E-state index contributed by atoms with van der Waals surface area (Å²) in [4.78, 5) is 12.7. The predicted octanol–water partition coefficient (Wildman–Crippen LogP) is 3.56. The van der Waals surface area contributed by atoms with Crippen molar-refractivity contribution in [2.45, 2.75) is 12.0 Å². The number of hydrogen-bond donors (Lipinski definition) is 0. The van der Waals surface area contributed by atoms with Crippen molar-refractivity contribution in [3.8, 4) is 5.75 Å².